The number of phenolic OH excluding ortho intramolecular Hbond substituents is 3. The SMILES string of the molecule is COc1cccc2c1C(=O)c1c(O)c3c(c(O)c1C2=O)C[C@@](O)(C(C)O)C[C@@H]3O[C@H]1C[C@H](NCc2ccc(O)c(I)c2)[C@@H](O)C(C)O1. The van der Waals surface area contributed by atoms with Gasteiger partial charge in [0.1, 0.15) is 23.0 Å². The maximum absolute atomic E-state index is 13.9. The lowest BCUT2D eigenvalue weighted by Crippen LogP contribution is -2.54. The zero-order valence-electron chi connectivity index (χ0n) is 25.9. The maximum Gasteiger partial charge on any atom is 0.202 e. The van der Waals surface area contributed by atoms with E-state index in [0.29, 0.717) is 10.1 Å². The minimum absolute atomic E-state index is 0.00312. The van der Waals surface area contributed by atoms with Gasteiger partial charge in [-0.1, -0.05) is 18.2 Å². The van der Waals surface area contributed by atoms with Gasteiger partial charge in [0.05, 0.1) is 57.4 Å². The number of methoxy groups -OCH3 is 1. The van der Waals surface area contributed by atoms with Crippen LogP contribution in [0.5, 0.6) is 23.0 Å². The van der Waals surface area contributed by atoms with Gasteiger partial charge in [-0.05, 0) is 60.2 Å². The first kappa shape index (κ1) is 33.6. The number of aromatic hydroxyl groups is 3. The molecule has 1 aliphatic heterocycles. The molecule has 0 spiro atoms. The van der Waals surface area contributed by atoms with Crippen molar-refractivity contribution in [1.82, 2.24) is 5.32 Å². The molecule has 1 heterocycles. The Morgan fingerprint density at radius 1 is 1.09 bits per heavy atom. The normalized spacial score (nSPS) is 27.5. The predicted molar refractivity (Wildman–Crippen MR) is 175 cm³/mol. The van der Waals surface area contributed by atoms with Gasteiger partial charge < -0.3 is 50.2 Å². The molecule has 0 radical (unpaired) electrons. The minimum atomic E-state index is -1.84. The summed E-state index contributed by atoms with van der Waals surface area (Å²) < 4.78 is 18.4. The van der Waals surface area contributed by atoms with Crippen LogP contribution in [0, 0.1) is 3.57 Å². The van der Waals surface area contributed by atoms with Crippen molar-refractivity contribution < 1.29 is 54.4 Å². The first-order valence-corrected chi connectivity index (χ1v) is 16.3. The number of aliphatic hydroxyl groups excluding tert-OH is 2. The van der Waals surface area contributed by atoms with Crippen LogP contribution in [0.4, 0.5) is 0 Å². The molecule has 1 fully saturated rings. The highest BCUT2D eigenvalue weighted by Gasteiger charge is 2.49. The molecule has 2 aliphatic carbocycles. The number of halogens is 1. The molecule has 0 saturated carbocycles. The highest BCUT2D eigenvalue weighted by atomic mass is 127. The van der Waals surface area contributed by atoms with Crippen molar-refractivity contribution in [2.75, 3.05) is 7.11 Å². The second kappa shape index (κ2) is 12.6. The molecular weight excluding hydrogens is 725 g/mol. The van der Waals surface area contributed by atoms with Gasteiger partial charge in [0, 0.05) is 48.5 Å². The average Bonchev–Trinajstić information content (AvgIpc) is 3.03. The van der Waals surface area contributed by atoms with E-state index >= 15 is 0 Å². The molecule has 2 unspecified atom stereocenters. The molecule has 6 rings (SSSR count). The predicted octanol–water partition coefficient (Wildman–Crippen LogP) is 2.96. The molecule has 7 N–H and O–H groups in total. The van der Waals surface area contributed by atoms with E-state index in [0.717, 1.165) is 5.56 Å². The second-order valence-electron chi connectivity index (χ2n) is 12.4. The van der Waals surface area contributed by atoms with Gasteiger partial charge in [-0.2, -0.15) is 0 Å². The lowest BCUT2D eigenvalue weighted by molar-refractivity contribution is -0.253. The van der Waals surface area contributed by atoms with Crippen LogP contribution >= 0.6 is 22.6 Å². The highest BCUT2D eigenvalue weighted by molar-refractivity contribution is 14.1. The minimum Gasteiger partial charge on any atom is -0.507 e. The number of hydrogen-bond acceptors (Lipinski definition) is 12. The molecular formula is C34H36INO11. The van der Waals surface area contributed by atoms with Gasteiger partial charge >= 0.3 is 0 Å². The highest BCUT2D eigenvalue weighted by Crippen LogP contribution is 2.53. The van der Waals surface area contributed by atoms with E-state index in [9.17, 15) is 40.2 Å². The van der Waals surface area contributed by atoms with Crippen LogP contribution in [0.1, 0.15) is 81.3 Å². The summed E-state index contributed by atoms with van der Waals surface area (Å²) in [6.45, 7) is 3.43. The Morgan fingerprint density at radius 2 is 1.81 bits per heavy atom. The molecule has 47 heavy (non-hydrogen) atoms. The lowest BCUT2D eigenvalue weighted by Gasteiger charge is -2.44. The molecule has 12 nitrogen and oxygen atoms in total. The number of aliphatic hydroxyl groups is 3. The number of benzene rings is 3. The molecule has 7 atom stereocenters. The summed E-state index contributed by atoms with van der Waals surface area (Å²) in [4.78, 5) is 27.6. The second-order valence-corrected chi connectivity index (χ2v) is 13.6. The Hall–Kier alpha value is -3.31. The molecule has 3 aromatic carbocycles. The number of carbonyl (C=O) groups excluding carboxylic acids is 2. The standard InChI is InChI=1S/C34H36INO11/c1-14-29(39)20(36-13-16-7-8-21(38)19(35)9-16)10-24(46-14)47-23-12-34(44,15(2)37)11-18-26(23)33(43)28-27(31(18)41)30(40)17-5-4-6-22(45-3)25(17)32(28)42/h4-9,14-15,20,23-24,29,36-39,41,43-44H,10-13H2,1-3H3/t14?,15?,20-,23-,24-,29-,34-/m0/s1. The molecule has 0 aromatic heterocycles. The number of rotatable bonds is 7. The van der Waals surface area contributed by atoms with Crippen molar-refractivity contribution in [2.45, 2.75) is 82.0 Å². The van der Waals surface area contributed by atoms with Crippen molar-refractivity contribution in [3.05, 3.63) is 78.9 Å². The topological polar surface area (TPSA) is 195 Å². The molecule has 1 saturated heterocycles. The van der Waals surface area contributed by atoms with E-state index in [4.69, 9.17) is 14.2 Å². The van der Waals surface area contributed by atoms with Crippen LogP contribution < -0.4 is 10.1 Å². The average molecular weight is 762 g/mol. The monoisotopic (exact) mass is 761 g/mol. The third kappa shape index (κ3) is 5.77. The van der Waals surface area contributed by atoms with Crippen LogP contribution in [0.2, 0.25) is 0 Å². The van der Waals surface area contributed by atoms with Crippen LogP contribution in [-0.4, -0.2) is 85.6 Å². The molecule has 13 heteroatoms. The van der Waals surface area contributed by atoms with Gasteiger partial charge in [-0.3, -0.25) is 9.59 Å². The fraction of sp³-hybridized carbons (Fsp3) is 0.412. The zero-order chi connectivity index (χ0) is 33.9. The Kier molecular flexibility index (Phi) is 9.02. The van der Waals surface area contributed by atoms with Crippen molar-refractivity contribution in [1.29, 1.82) is 0 Å². The number of ether oxygens (including phenoxy) is 3. The summed E-state index contributed by atoms with van der Waals surface area (Å²) in [6, 6.07) is 9.14. The number of nitrogens with one attached hydrogen (secondary N) is 1. The fourth-order valence-electron chi connectivity index (χ4n) is 6.81. The molecule has 3 aliphatic rings. The third-order valence-corrected chi connectivity index (χ3v) is 10.3. The summed E-state index contributed by atoms with van der Waals surface area (Å²) >= 11 is 2.03. The summed E-state index contributed by atoms with van der Waals surface area (Å²) in [5, 5.41) is 69.6. The number of hydrogen-bond donors (Lipinski definition) is 7. The van der Waals surface area contributed by atoms with Crippen molar-refractivity contribution in [3.63, 3.8) is 0 Å². The smallest absolute Gasteiger partial charge is 0.202 e. The zero-order valence-corrected chi connectivity index (χ0v) is 28.0. The van der Waals surface area contributed by atoms with E-state index < -0.39 is 76.5 Å². The van der Waals surface area contributed by atoms with Crippen molar-refractivity contribution >= 4 is 34.2 Å². The Morgan fingerprint density at radius 3 is 2.49 bits per heavy atom. The van der Waals surface area contributed by atoms with Crippen LogP contribution in [0.3, 0.4) is 0 Å². The van der Waals surface area contributed by atoms with E-state index in [1.165, 1.54) is 32.2 Å². The first-order valence-electron chi connectivity index (χ1n) is 15.2. The number of phenols is 3. The molecule has 0 bridgehead atoms. The summed E-state index contributed by atoms with van der Waals surface area (Å²) in [6.07, 6.45) is -5.56. The van der Waals surface area contributed by atoms with Crippen molar-refractivity contribution in [2.24, 2.45) is 0 Å². The van der Waals surface area contributed by atoms with Crippen molar-refractivity contribution in [3.8, 4) is 23.0 Å². The quantitative estimate of drug-likeness (QED) is 0.108. The first-order chi connectivity index (χ1) is 22.2. The van der Waals surface area contributed by atoms with E-state index in [-0.39, 0.29) is 53.0 Å². The van der Waals surface area contributed by atoms with Crippen LogP contribution in [-0.2, 0) is 22.4 Å². The summed E-state index contributed by atoms with van der Waals surface area (Å²) in [7, 11) is 1.35. The lowest BCUT2D eigenvalue weighted by atomic mass is 9.71. The molecule has 3 aromatic rings. The number of ketones is 2. The van der Waals surface area contributed by atoms with E-state index in [2.05, 4.69) is 5.32 Å². The Balaban J connectivity index is 1.36. The van der Waals surface area contributed by atoms with Gasteiger partial charge in [0.2, 0.25) is 5.78 Å². The van der Waals surface area contributed by atoms with E-state index in [1.807, 2.05) is 28.7 Å². The number of fused-ring (bicyclic) bond motifs is 3. The maximum atomic E-state index is 13.9. The summed E-state index contributed by atoms with van der Waals surface area (Å²) in [5.41, 5.74) is -1.87. The molecule has 0 amide bonds. The Labute approximate surface area is 284 Å². The Bertz CT molecular complexity index is 1760. The van der Waals surface area contributed by atoms with E-state index in [1.54, 1.807) is 19.1 Å². The van der Waals surface area contributed by atoms with Gasteiger partial charge in [-0.25, -0.2) is 0 Å². The third-order valence-electron chi connectivity index (χ3n) is 9.49. The fourth-order valence-corrected chi connectivity index (χ4v) is 7.39. The number of carbonyl (C=O) groups is 2. The van der Waals surface area contributed by atoms with Gasteiger partial charge in [0.15, 0.2) is 12.1 Å². The molecule has 250 valence electrons. The van der Waals surface area contributed by atoms with Gasteiger partial charge in [-0.15, -0.1) is 0 Å². The largest absolute Gasteiger partial charge is 0.507 e. The van der Waals surface area contributed by atoms with Crippen LogP contribution in [0.15, 0.2) is 36.4 Å². The summed E-state index contributed by atoms with van der Waals surface area (Å²) in [5.74, 6) is -2.32. The van der Waals surface area contributed by atoms with Crippen LogP contribution in [0.25, 0.3) is 0 Å². The van der Waals surface area contributed by atoms with Gasteiger partial charge in [0.25, 0.3) is 0 Å².